The largest absolute Gasteiger partial charge is 0.415 e. The van der Waals surface area contributed by atoms with Crippen LogP contribution < -0.4 is 0 Å². The van der Waals surface area contributed by atoms with Gasteiger partial charge in [0.1, 0.15) is 0 Å². The molecular weight excluding hydrogens is 970 g/mol. The lowest BCUT2D eigenvalue weighted by atomic mass is 9.89. The molecule has 0 atom stereocenters. The molecule has 0 amide bonds. The fourth-order valence-electron chi connectivity index (χ4n) is 12.5. The minimum absolute atomic E-state index is 0.158. The Balaban J connectivity index is 1.11. The smallest absolute Gasteiger partial charge is 0.310 e. The highest BCUT2D eigenvalue weighted by atomic mass is 19.4. The number of para-hydroxylation sites is 6. The third-order valence-corrected chi connectivity index (χ3v) is 15.6. The molecule has 0 unspecified atom stereocenters. The van der Waals surface area contributed by atoms with Crippen molar-refractivity contribution in [2.75, 3.05) is 0 Å². The Morgan fingerprint density at radius 3 is 1.24 bits per heavy atom. The van der Waals surface area contributed by atoms with Crippen molar-refractivity contribution in [2.45, 2.75) is 6.18 Å². The fourth-order valence-corrected chi connectivity index (χ4v) is 12.5. The van der Waals surface area contributed by atoms with Gasteiger partial charge in [0.05, 0.1) is 63.0 Å². The van der Waals surface area contributed by atoms with Crippen LogP contribution in [0, 0.1) is 13.1 Å². The first-order valence-corrected chi connectivity index (χ1v) is 25.6. The van der Waals surface area contributed by atoms with E-state index in [1.54, 1.807) is 0 Å². The lowest BCUT2D eigenvalue weighted by molar-refractivity contribution is -0.137. The van der Waals surface area contributed by atoms with Crippen LogP contribution in [-0.4, -0.2) is 18.3 Å². The van der Waals surface area contributed by atoms with Crippen LogP contribution in [0.15, 0.2) is 237 Å². The summed E-state index contributed by atoms with van der Waals surface area (Å²) >= 11 is 0. The molecule has 6 nitrogen and oxygen atoms in total. The lowest BCUT2D eigenvalue weighted by Gasteiger charge is -2.23. The summed E-state index contributed by atoms with van der Waals surface area (Å²) in [5.41, 5.74) is 12.4. The molecule has 0 aliphatic heterocycles. The minimum Gasteiger partial charge on any atom is -0.310 e. The van der Waals surface area contributed by atoms with Crippen molar-refractivity contribution < 1.29 is 13.2 Å². The molecule has 15 rings (SSSR count). The Bertz CT molecular complexity index is 5100. The maximum Gasteiger partial charge on any atom is 0.415 e. The molecule has 366 valence electrons. The van der Waals surface area contributed by atoms with Gasteiger partial charge in [-0.2, -0.15) is 13.2 Å². The molecule has 0 spiro atoms. The predicted octanol–water partition coefficient (Wildman–Crippen LogP) is 19.5. The number of hydrogen-bond donors (Lipinski definition) is 0. The van der Waals surface area contributed by atoms with Crippen LogP contribution in [0.4, 0.5) is 24.5 Å². The molecule has 0 N–H and O–H groups in total. The Hall–Kier alpha value is -10.6. The van der Waals surface area contributed by atoms with Crippen LogP contribution in [0.2, 0.25) is 0 Å². The van der Waals surface area contributed by atoms with Gasteiger partial charge in [-0.3, -0.25) is 0 Å². The average molecular weight is 1010 g/mol. The van der Waals surface area contributed by atoms with E-state index in [-0.39, 0.29) is 5.69 Å². The van der Waals surface area contributed by atoms with Gasteiger partial charge in [-0.1, -0.05) is 158 Å². The van der Waals surface area contributed by atoms with Gasteiger partial charge in [0.25, 0.3) is 0 Å². The van der Waals surface area contributed by atoms with E-state index in [2.05, 4.69) is 167 Å². The van der Waals surface area contributed by atoms with Gasteiger partial charge in [-0.25, -0.2) is 9.69 Å². The number of alkyl halides is 3. The van der Waals surface area contributed by atoms with Gasteiger partial charge in [0.15, 0.2) is 11.4 Å². The molecule has 0 saturated carbocycles. The SMILES string of the molecule is [C-]#[N+]c1cc(C(F)(F)F)ccc1-c1cccc(-n2c3ccccc3c3c2ccc2c4ccccc4n(-c4ccccc4)c23)c1-c1c([N+]#[C-])cccc1-n1c2ccccc2c2c1ccc1c3ccccc3n(-c3ccccc3)c12. The molecule has 9 heteroatoms. The summed E-state index contributed by atoms with van der Waals surface area (Å²) in [7, 11) is 0. The second-order valence-electron chi connectivity index (χ2n) is 19.6. The summed E-state index contributed by atoms with van der Waals surface area (Å²) in [5.74, 6) is 0. The monoisotopic (exact) mass is 1010 g/mol. The maximum atomic E-state index is 14.5. The second-order valence-corrected chi connectivity index (χ2v) is 19.6. The molecule has 11 aromatic carbocycles. The van der Waals surface area contributed by atoms with Gasteiger partial charge in [-0.05, 0) is 90.0 Å². The van der Waals surface area contributed by atoms with Crippen LogP contribution in [0.5, 0.6) is 0 Å². The van der Waals surface area contributed by atoms with Crippen LogP contribution in [0.3, 0.4) is 0 Å². The summed E-state index contributed by atoms with van der Waals surface area (Å²) < 4.78 is 52.8. The minimum atomic E-state index is -4.68. The van der Waals surface area contributed by atoms with Crippen molar-refractivity contribution in [3.63, 3.8) is 0 Å². The van der Waals surface area contributed by atoms with E-state index in [9.17, 15) is 13.2 Å². The van der Waals surface area contributed by atoms with Crippen LogP contribution in [-0.2, 0) is 6.18 Å². The quantitative estimate of drug-likeness (QED) is 0.149. The number of fused-ring (bicyclic) bond motifs is 14. The van der Waals surface area contributed by atoms with Crippen LogP contribution >= 0.6 is 0 Å². The molecule has 4 aromatic heterocycles. The Morgan fingerprint density at radius 2 is 0.756 bits per heavy atom. The first-order chi connectivity index (χ1) is 38.3. The Labute approximate surface area is 444 Å². The number of nitrogens with zero attached hydrogens (tertiary/aromatic N) is 6. The lowest BCUT2D eigenvalue weighted by Crippen LogP contribution is -2.05. The van der Waals surface area contributed by atoms with E-state index in [1.165, 1.54) is 6.07 Å². The molecule has 4 heterocycles. The van der Waals surface area contributed by atoms with E-state index in [4.69, 9.17) is 13.1 Å². The average Bonchev–Trinajstić information content (AvgIpc) is 4.42. The van der Waals surface area contributed by atoms with E-state index in [0.29, 0.717) is 39.3 Å². The standard InChI is InChI=1S/C69H39F3N6/c1-73-53-28-18-34-60(78-58-32-16-12-26-52(58)65-62(78)40-38-50-47-24-10-14-30-56(47)76(68(50)65)44-21-7-4-8-22-44)66(53)63-48(45-36-35-42(69(70,71)72)41-54(45)74-2)27-17-33-59(63)77-57-31-15-11-25-51(57)64-61(77)39-37-49-46-23-9-13-29-55(46)75(67(49)64)43-19-5-3-6-20-43/h3-41H. The molecule has 0 fully saturated rings. The number of halogens is 3. The van der Waals surface area contributed by atoms with E-state index in [1.807, 2.05) is 78.9 Å². The van der Waals surface area contributed by atoms with Gasteiger partial charge in [0.2, 0.25) is 0 Å². The number of benzene rings is 11. The van der Waals surface area contributed by atoms with Crippen molar-refractivity contribution in [3.05, 3.63) is 265 Å². The van der Waals surface area contributed by atoms with Gasteiger partial charge >= 0.3 is 6.18 Å². The summed E-state index contributed by atoms with van der Waals surface area (Å²) in [5, 5.41) is 8.42. The predicted molar refractivity (Wildman–Crippen MR) is 312 cm³/mol. The highest BCUT2D eigenvalue weighted by Crippen LogP contribution is 2.52. The summed E-state index contributed by atoms with van der Waals surface area (Å²) in [6.45, 7) is 17.4. The maximum absolute atomic E-state index is 14.5. The molecule has 0 radical (unpaired) electrons. The molecule has 0 aliphatic carbocycles. The third kappa shape index (κ3) is 6.36. The van der Waals surface area contributed by atoms with Crippen molar-refractivity contribution in [1.29, 1.82) is 0 Å². The van der Waals surface area contributed by atoms with E-state index >= 15 is 0 Å². The van der Waals surface area contributed by atoms with E-state index in [0.717, 1.165) is 111 Å². The van der Waals surface area contributed by atoms with Crippen LogP contribution in [0.25, 0.3) is 142 Å². The van der Waals surface area contributed by atoms with Gasteiger partial charge < -0.3 is 18.3 Å². The van der Waals surface area contributed by atoms with Crippen molar-refractivity contribution in [3.8, 4) is 45.0 Å². The summed E-state index contributed by atoms with van der Waals surface area (Å²) in [6, 6.07) is 77.9. The van der Waals surface area contributed by atoms with E-state index < -0.39 is 11.7 Å². The first kappa shape index (κ1) is 44.8. The van der Waals surface area contributed by atoms with Gasteiger partial charge in [0, 0.05) is 76.8 Å². The van der Waals surface area contributed by atoms with Crippen molar-refractivity contribution in [2.24, 2.45) is 0 Å². The third-order valence-electron chi connectivity index (χ3n) is 15.6. The Morgan fingerprint density at radius 1 is 0.321 bits per heavy atom. The highest BCUT2D eigenvalue weighted by Gasteiger charge is 2.33. The molecule has 0 aliphatic rings. The van der Waals surface area contributed by atoms with Crippen molar-refractivity contribution >= 4 is 98.6 Å². The number of rotatable bonds is 6. The zero-order chi connectivity index (χ0) is 52.4. The number of aromatic nitrogens is 4. The van der Waals surface area contributed by atoms with Crippen LogP contribution in [0.1, 0.15) is 5.56 Å². The topological polar surface area (TPSA) is 28.4 Å². The second kappa shape index (κ2) is 17.0. The molecule has 78 heavy (non-hydrogen) atoms. The molecule has 0 saturated heterocycles. The normalized spacial score (nSPS) is 12.0. The zero-order valence-corrected chi connectivity index (χ0v) is 41.3. The first-order valence-electron chi connectivity index (χ1n) is 25.6. The zero-order valence-electron chi connectivity index (χ0n) is 41.3. The molecular formula is C69H39F3N6. The Kier molecular flexibility index (Phi) is 9.75. The number of hydrogen-bond acceptors (Lipinski definition) is 0. The molecule has 0 bridgehead atoms. The summed E-state index contributed by atoms with van der Waals surface area (Å²) in [4.78, 5) is 8.09. The fraction of sp³-hybridized carbons (Fsp3) is 0.0145. The highest BCUT2D eigenvalue weighted by molar-refractivity contribution is 6.28. The van der Waals surface area contributed by atoms with Crippen molar-refractivity contribution in [1.82, 2.24) is 18.3 Å². The molecule has 15 aromatic rings. The summed E-state index contributed by atoms with van der Waals surface area (Å²) in [6.07, 6.45) is -4.68. The van der Waals surface area contributed by atoms with Gasteiger partial charge in [-0.15, -0.1) is 0 Å².